The molecule has 4 atom stereocenters. The molecule has 4 unspecified atom stereocenters. The van der Waals surface area contributed by atoms with E-state index >= 15 is 0 Å². The number of aliphatic carboxylic acids is 2. The summed E-state index contributed by atoms with van der Waals surface area (Å²) in [6, 6.07) is 12.4. The molecule has 39 heavy (non-hydrogen) atoms. The summed E-state index contributed by atoms with van der Waals surface area (Å²) in [5.74, 6) is -4.41. The first kappa shape index (κ1) is 31.3. The molecule has 0 heterocycles. The zero-order chi connectivity index (χ0) is 28.8. The van der Waals surface area contributed by atoms with Gasteiger partial charge in [-0.05, 0) is 29.6 Å². The third kappa shape index (κ3) is 11.2. The minimum absolute atomic E-state index is 0.0454. The zero-order valence-electron chi connectivity index (χ0n) is 21.5. The van der Waals surface area contributed by atoms with Crippen molar-refractivity contribution < 1.29 is 34.2 Å². The molecule has 0 aliphatic heterocycles. The number of nitrogens with two attached hydrogens (primary N) is 1. The third-order valence-corrected chi connectivity index (χ3v) is 6.44. The van der Waals surface area contributed by atoms with Gasteiger partial charge in [0.2, 0.25) is 17.7 Å². The number of hydrogen-bond acceptors (Lipinski definition) is 7. The molecule has 12 heteroatoms. The van der Waals surface area contributed by atoms with Crippen molar-refractivity contribution in [3.05, 3.63) is 71.8 Å². The Balaban J connectivity index is 2.20. The van der Waals surface area contributed by atoms with Gasteiger partial charge >= 0.3 is 11.9 Å². The number of carbonyl (C=O) groups is 5. The molecule has 2 rings (SSSR count). The van der Waals surface area contributed by atoms with E-state index in [9.17, 15) is 34.2 Å². The summed E-state index contributed by atoms with van der Waals surface area (Å²) < 4.78 is 0. The lowest BCUT2D eigenvalue weighted by molar-refractivity contribution is -0.143. The molecular weight excluding hydrogens is 524 g/mol. The van der Waals surface area contributed by atoms with E-state index in [0.717, 1.165) is 0 Å². The van der Waals surface area contributed by atoms with Crippen LogP contribution in [-0.2, 0) is 36.8 Å². The fourth-order valence-corrected chi connectivity index (χ4v) is 4.18. The first-order chi connectivity index (χ1) is 18.6. The summed E-state index contributed by atoms with van der Waals surface area (Å²) in [6.07, 6.45) is 1.47. The summed E-state index contributed by atoms with van der Waals surface area (Å²) in [5.41, 5.74) is 7.31. The maximum atomic E-state index is 13.3. The third-order valence-electron chi connectivity index (χ3n) is 5.79. The van der Waals surface area contributed by atoms with Crippen LogP contribution in [-0.4, -0.2) is 76.0 Å². The lowest BCUT2D eigenvalue weighted by Crippen LogP contribution is -2.58. The van der Waals surface area contributed by atoms with Crippen molar-refractivity contribution in [1.29, 1.82) is 0 Å². The number of hydrogen-bond donors (Lipinski definition) is 6. The van der Waals surface area contributed by atoms with E-state index in [4.69, 9.17) is 5.73 Å². The Hall–Kier alpha value is -3.90. The molecule has 0 aromatic heterocycles. The molecule has 7 N–H and O–H groups in total. The van der Waals surface area contributed by atoms with Gasteiger partial charge in [0.1, 0.15) is 18.1 Å². The predicted octanol–water partition coefficient (Wildman–Crippen LogP) is 0.566. The van der Waals surface area contributed by atoms with Crippen LogP contribution in [0.15, 0.2) is 60.7 Å². The molecule has 2 aromatic rings. The van der Waals surface area contributed by atoms with Crippen LogP contribution >= 0.6 is 11.8 Å². The van der Waals surface area contributed by atoms with Crippen LogP contribution in [0.25, 0.3) is 0 Å². The zero-order valence-corrected chi connectivity index (χ0v) is 22.4. The van der Waals surface area contributed by atoms with E-state index in [2.05, 4.69) is 16.0 Å². The normalized spacial score (nSPS) is 13.8. The number of nitrogens with one attached hydrogen (secondary N) is 3. The maximum absolute atomic E-state index is 13.3. The van der Waals surface area contributed by atoms with Gasteiger partial charge in [0, 0.05) is 12.8 Å². The Bertz CT molecular complexity index is 1120. The maximum Gasteiger partial charge on any atom is 0.326 e. The first-order valence-electron chi connectivity index (χ1n) is 12.3. The van der Waals surface area contributed by atoms with Gasteiger partial charge in [0.05, 0.1) is 12.5 Å². The van der Waals surface area contributed by atoms with Crippen LogP contribution in [0.5, 0.6) is 0 Å². The van der Waals surface area contributed by atoms with Crippen molar-refractivity contribution in [2.24, 2.45) is 5.73 Å². The largest absolute Gasteiger partial charge is 0.481 e. The highest BCUT2D eigenvalue weighted by Gasteiger charge is 2.31. The van der Waals surface area contributed by atoms with Crippen LogP contribution in [0.2, 0.25) is 0 Å². The molecule has 11 nitrogen and oxygen atoms in total. The van der Waals surface area contributed by atoms with Gasteiger partial charge in [0.15, 0.2) is 0 Å². The minimum Gasteiger partial charge on any atom is -0.481 e. The molecular formula is C27H34N4O7S. The summed E-state index contributed by atoms with van der Waals surface area (Å²) in [4.78, 5) is 62.2. The van der Waals surface area contributed by atoms with Gasteiger partial charge in [-0.25, -0.2) is 4.79 Å². The molecule has 0 radical (unpaired) electrons. The highest BCUT2D eigenvalue weighted by molar-refractivity contribution is 7.98. The standard InChI is InChI=1S/C27H34N4O7S/c1-39-13-12-19(28)24(34)29-20(14-17-8-4-2-5-9-17)25(35)30-21(16-23(32)33)26(36)31-22(27(37)38)15-18-10-6-3-7-11-18/h2-11,19-22H,12-16,28H2,1H3,(H,29,34)(H,30,35)(H,31,36)(H,32,33)(H,37,38). The monoisotopic (exact) mass is 558 g/mol. The molecule has 0 fully saturated rings. The van der Waals surface area contributed by atoms with Gasteiger partial charge in [-0.2, -0.15) is 11.8 Å². The number of rotatable bonds is 16. The summed E-state index contributed by atoms with van der Waals surface area (Å²) in [6.45, 7) is 0. The fraction of sp³-hybridized carbons (Fsp3) is 0.370. The van der Waals surface area contributed by atoms with Crippen LogP contribution in [0.3, 0.4) is 0 Å². The van der Waals surface area contributed by atoms with Crippen molar-refractivity contribution in [3.8, 4) is 0 Å². The Kier molecular flexibility index (Phi) is 13.0. The molecule has 0 spiro atoms. The van der Waals surface area contributed by atoms with Crippen molar-refractivity contribution in [2.45, 2.75) is 49.9 Å². The first-order valence-corrected chi connectivity index (χ1v) is 13.7. The lowest BCUT2D eigenvalue weighted by Gasteiger charge is -2.25. The van der Waals surface area contributed by atoms with E-state index in [1.54, 1.807) is 60.7 Å². The van der Waals surface area contributed by atoms with E-state index in [-0.39, 0.29) is 12.8 Å². The topological polar surface area (TPSA) is 188 Å². The molecule has 0 saturated carbocycles. The quantitative estimate of drug-likeness (QED) is 0.171. The van der Waals surface area contributed by atoms with Crippen molar-refractivity contribution in [3.63, 3.8) is 0 Å². The highest BCUT2D eigenvalue weighted by Crippen LogP contribution is 2.08. The van der Waals surface area contributed by atoms with E-state index in [0.29, 0.717) is 23.3 Å². The van der Waals surface area contributed by atoms with Crippen LogP contribution in [0.4, 0.5) is 0 Å². The SMILES string of the molecule is CSCCC(N)C(=O)NC(Cc1ccccc1)C(=O)NC(CC(=O)O)C(=O)NC(Cc1ccccc1)C(=O)O. The predicted molar refractivity (Wildman–Crippen MR) is 147 cm³/mol. The Labute approximate surface area is 230 Å². The molecule has 0 aliphatic rings. The minimum atomic E-state index is -1.59. The average Bonchev–Trinajstić information content (AvgIpc) is 2.91. The fourth-order valence-electron chi connectivity index (χ4n) is 3.69. The van der Waals surface area contributed by atoms with Crippen LogP contribution < -0.4 is 21.7 Å². The van der Waals surface area contributed by atoms with Crippen LogP contribution in [0.1, 0.15) is 24.0 Å². The second-order valence-electron chi connectivity index (χ2n) is 8.89. The Morgan fingerprint density at radius 1 is 0.744 bits per heavy atom. The number of benzene rings is 2. The molecule has 210 valence electrons. The Morgan fingerprint density at radius 2 is 1.21 bits per heavy atom. The molecule has 0 bridgehead atoms. The van der Waals surface area contributed by atoms with Gasteiger partial charge in [-0.3, -0.25) is 19.2 Å². The molecule has 0 aliphatic carbocycles. The van der Waals surface area contributed by atoms with Gasteiger partial charge in [0.25, 0.3) is 0 Å². The van der Waals surface area contributed by atoms with Gasteiger partial charge < -0.3 is 31.9 Å². The second-order valence-corrected chi connectivity index (χ2v) is 9.87. The smallest absolute Gasteiger partial charge is 0.326 e. The lowest BCUT2D eigenvalue weighted by atomic mass is 10.0. The molecule has 3 amide bonds. The summed E-state index contributed by atoms with van der Waals surface area (Å²) >= 11 is 1.52. The van der Waals surface area contributed by atoms with Gasteiger partial charge in [-0.15, -0.1) is 0 Å². The van der Waals surface area contributed by atoms with E-state index in [1.807, 2.05) is 6.26 Å². The molecule has 0 saturated heterocycles. The number of amides is 3. The second kappa shape index (κ2) is 16.1. The number of carboxylic acids is 2. The summed E-state index contributed by atoms with van der Waals surface area (Å²) in [7, 11) is 0. The number of thioether (sulfide) groups is 1. The highest BCUT2D eigenvalue weighted by atomic mass is 32.2. The van der Waals surface area contributed by atoms with Crippen LogP contribution in [0, 0.1) is 0 Å². The van der Waals surface area contributed by atoms with E-state index < -0.39 is 60.2 Å². The summed E-state index contributed by atoms with van der Waals surface area (Å²) in [5, 5.41) is 26.3. The van der Waals surface area contributed by atoms with Crippen molar-refractivity contribution >= 4 is 41.4 Å². The molecule has 2 aromatic carbocycles. The van der Waals surface area contributed by atoms with E-state index in [1.165, 1.54) is 11.8 Å². The average molecular weight is 559 g/mol. The number of carboxylic acid groups (broad SMARTS) is 2. The Morgan fingerprint density at radius 3 is 1.69 bits per heavy atom. The number of carbonyl (C=O) groups excluding carboxylic acids is 3. The van der Waals surface area contributed by atoms with Crippen molar-refractivity contribution in [1.82, 2.24) is 16.0 Å². The van der Waals surface area contributed by atoms with Gasteiger partial charge in [-0.1, -0.05) is 60.7 Å². The van der Waals surface area contributed by atoms with Crippen molar-refractivity contribution in [2.75, 3.05) is 12.0 Å².